The molecule has 2 atom stereocenters. The van der Waals surface area contributed by atoms with E-state index in [4.69, 9.17) is 28.4 Å². The van der Waals surface area contributed by atoms with Crippen molar-refractivity contribution in [1.29, 1.82) is 0 Å². The van der Waals surface area contributed by atoms with E-state index in [0.29, 0.717) is 37.6 Å². The highest BCUT2D eigenvalue weighted by molar-refractivity contribution is 6.04. The van der Waals surface area contributed by atoms with Crippen LogP contribution in [0.2, 0.25) is 0 Å². The monoisotopic (exact) mass is 482 g/mol. The molecule has 3 fully saturated rings. The molecule has 8 nitrogen and oxygen atoms in total. The van der Waals surface area contributed by atoms with Gasteiger partial charge in [0.2, 0.25) is 0 Å². The smallest absolute Gasteiger partial charge is 0.328 e. The first-order valence-corrected chi connectivity index (χ1v) is 11.8. The van der Waals surface area contributed by atoms with Crippen LogP contribution in [0.3, 0.4) is 0 Å². The van der Waals surface area contributed by atoms with Gasteiger partial charge in [0, 0.05) is 38.5 Å². The number of benzene rings is 2. The highest BCUT2D eigenvalue weighted by Gasteiger charge is 2.70. The predicted molar refractivity (Wildman–Crippen MR) is 124 cm³/mol. The fourth-order valence-electron chi connectivity index (χ4n) is 5.73. The number of hydrogen-bond acceptors (Lipinski definition) is 8. The Hall–Kier alpha value is -3.10. The molecule has 186 valence electrons. The molecule has 0 radical (unpaired) electrons. The second-order valence-electron chi connectivity index (χ2n) is 9.72. The van der Waals surface area contributed by atoms with Crippen LogP contribution in [0.1, 0.15) is 49.7 Å². The Morgan fingerprint density at radius 2 is 1.11 bits per heavy atom. The molecule has 0 bridgehead atoms. The summed E-state index contributed by atoms with van der Waals surface area (Å²) in [5.41, 5.74) is -0.0774. The average molecular weight is 483 g/mol. The largest absolute Gasteiger partial charge is 0.497 e. The van der Waals surface area contributed by atoms with Crippen molar-refractivity contribution in [3.63, 3.8) is 0 Å². The van der Waals surface area contributed by atoms with Crippen LogP contribution in [0.5, 0.6) is 11.5 Å². The third kappa shape index (κ3) is 3.85. The van der Waals surface area contributed by atoms with Gasteiger partial charge in [0.05, 0.1) is 27.4 Å². The van der Waals surface area contributed by atoms with Crippen molar-refractivity contribution in [3.05, 3.63) is 59.7 Å². The minimum atomic E-state index is -1.63. The van der Waals surface area contributed by atoms with Crippen LogP contribution in [0.15, 0.2) is 48.5 Å². The lowest BCUT2D eigenvalue weighted by molar-refractivity contribution is -0.268. The number of methoxy groups -OCH3 is 2. The SMILES string of the molecule is COc1ccc(C2CC3(CC(c4ccc(OC)cc4)C24C(=O)OC(C)(C)OC4=O)OCCO3)cc1. The molecule has 3 aliphatic rings. The highest BCUT2D eigenvalue weighted by Crippen LogP contribution is 2.62. The second-order valence-corrected chi connectivity index (χ2v) is 9.72. The molecule has 8 heteroatoms. The summed E-state index contributed by atoms with van der Waals surface area (Å²) >= 11 is 0. The van der Waals surface area contributed by atoms with E-state index in [1.54, 1.807) is 28.1 Å². The summed E-state index contributed by atoms with van der Waals surface area (Å²) in [5.74, 6) is -3.40. The summed E-state index contributed by atoms with van der Waals surface area (Å²) in [6, 6.07) is 14.7. The molecule has 0 aromatic heterocycles. The van der Waals surface area contributed by atoms with Gasteiger partial charge in [0.15, 0.2) is 11.2 Å². The topological polar surface area (TPSA) is 89.5 Å². The van der Waals surface area contributed by atoms with Gasteiger partial charge in [0.25, 0.3) is 5.79 Å². The standard InChI is InChI=1S/C27H30O8/c1-25(2)34-23(28)27(24(29)35-25)21(17-5-9-19(30-3)10-6-17)15-26(32-13-14-33-26)16-22(27)18-7-11-20(31-4)12-8-18/h5-12,21-22H,13-16H2,1-4H3. The lowest BCUT2D eigenvalue weighted by atomic mass is 9.54. The molecule has 5 rings (SSSR count). The molecule has 0 N–H and O–H groups in total. The molecule has 2 aromatic rings. The summed E-state index contributed by atoms with van der Waals surface area (Å²) in [6.45, 7) is 4.01. The zero-order valence-corrected chi connectivity index (χ0v) is 20.4. The Balaban J connectivity index is 1.71. The van der Waals surface area contributed by atoms with Crippen LogP contribution in [-0.4, -0.2) is 50.9 Å². The van der Waals surface area contributed by atoms with E-state index < -0.39 is 40.8 Å². The molecule has 2 unspecified atom stereocenters. The molecular weight excluding hydrogens is 452 g/mol. The molecule has 2 spiro atoms. The Morgan fingerprint density at radius 1 is 0.714 bits per heavy atom. The van der Waals surface area contributed by atoms with Crippen LogP contribution in [-0.2, 0) is 28.5 Å². The van der Waals surface area contributed by atoms with E-state index in [-0.39, 0.29) is 0 Å². The van der Waals surface area contributed by atoms with E-state index in [0.717, 1.165) is 11.1 Å². The molecule has 2 heterocycles. The normalized spacial score (nSPS) is 26.3. The van der Waals surface area contributed by atoms with Gasteiger partial charge >= 0.3 is 11.9 Å². The molecule has 1 aliphatic carbocycles. The van der Waals surface area contributed by atoms with Gasteiger partial charge in [0.1, 0.15) is 11.5 Å². The summed E-state index contributed by atoms with van der Waals surface area (Å²) in [5, 5.41) is 0. The van der Waals surface area contributed by atoms with Gasteiger partial charge in [-0.15, -0.1) is 0 Å². The first kappa shape index (κ1) is 23.6. The van der Waals surface area contributed by atoms with Gasteiger partial charge in [-0.3, -0.25) is 9.59 Å². The molecule has 2 aromatic carbocycles. The maximum Gasteiger partial charge on any atom is 0.328 e. The lowest BCUT2D eigenvalue weighted by Gasteiger charge is -2.53. The zero-order valence-electron chi connectivity index (χ0n) is 20.4. The van der Waals surface area contributed by atoms with E-state index in [1.165, 1.54) is 0 Å². The molecule has 2 saturated heterocycles. The Morgan fingerprint density at radius 3 is 1.49 bits per heavy atom. The number of carbonyl (C=O) groups excluding carboxylic acids is 2. The first-order chi connectivity index (χ1) is 16.7. The number of rotatable bonds is 4. The maximum absolute atomic E-state index is 14.0. The van der Waals surface area contributed by atoms with Gasteiger partial charge in [-0.2, -0.15) is 0 Å². The Bertz CT molecular complexity index is 1020. The molecule has 1 saturated carbocycles. The third-order valence-corrected chi connectivity index (χ3v) is 7.33. The van der Waals surface area contributed by atoms with Crippen LogP contribution >= 0.6 is 0 Å². The zero-order chi connectivity index (χ0) is 24.8. The van der Waals surface area contributed by atoms with Gasteiger partial charge in [-0.25, -0.2) is 0 Å². The molecule has 2 aliphatic heterocycles. The minimum absolute atomic E-state index is 0.302. The van der Waals surface area contributed by atoms with E-state index >= 15 is 0 Å². The maximum atomic E-state index is 14.0. The number of cyclic esters (lactones) is 2. The van der Waals surface area contributed by atoms with Crippen LogP contribution in [0.4, 0.5) is 0 Å². The molecular formula is C27H30O8. The first-order valence-electron chi connectivity index (χ1n) is 11.8. The average Bonchev–Trinajstić information content (AvgIpc) is 3.30. The Kier molecular flexibility index (Phi) is 5.76. The summed E-state index contributed by atoms with van der Waals surface area (Å²) in [4.78, 5) is 27.9. The number of hydrogen-bond donors (Lipinski definition) is 0. The van der Waals surface area contributed by atoms with E-state index in [2.05, 4.69) is 0 Å². The number of esters is 2. The van der Waals surface area contributed by atoms with E-state index in [1.807, 2.05) is 48.5 Å². The van der Waals surface area contributed by atoms with Gasteiger partial charge < -0.3 is 28.4 Å². The Labute approximate surface area is 204 Å². The quantitative estimate of drug-likeness (QED) is 0.478. The van der Waals surface area contributed by atoms with Crippen molar-refractivity contribution in [3.8, 4) is 11.5 Å². The lowest BCUT2D eigenvalue weighted by Crippen LogP contribution is -2.63. The summed E-state index contributed by atoms with van der Waals surface area (Å²) in [6.07, 6.45) is 0.604. The molecule has 35 heavy (non-hydrogen) atoms. The van der Waals surface area contributed by atoms with Crippen LogP contribution < -0.4 is 9.47 Å². The van der Waals surface area contributed by atoms with Gasteiger partial charge in [-0.05, 0) is 35.4 Å². The third-order valence-electron chi connectivity index (χ3n) is 7.33. The summed E-state index contributed by atoms with van der Waals surface area (Å²) < 4.78 is 34.5. The second kappa shape index (κ2) is 8.53. The van der Waals surface area contributed by atoms with Crippen molar-refractivity contribution in [2.24, 2.45) is 5.41 Å². The van der Waals surface area contributed by atoms with E-state index in [9.17, 15) is 9.59 Å². The predicted octanol–water partition coefficient (Wildman–Crippen LogP) is 3.93. The van der Waals surface area contributed by atoms with Crippen LogP contribution in [0, 0.1) is 5.41 Å². The minimum Gasteiger partial charge on any atom is -0.497 e. The fourth-order valence-corrected chi connectivity index (χ4v) is 5.73. The number of ether oxygens (including phenoxy) is 6. The van der Waals surface area contributed by atoms with Crippen molar-refractivity contribution in [1.82, 2.24) is 0 Å². The van der Waals surface area contributed by atoms with Gasteiger partial charge in [-0.1, -0.05) is 24.3 Å². The van der Waals surface area contributed by atoms with Crippen molar-refractivity contribution in [2.45, 2.75) is 50.1 Å². The van der Waals surface area contributed by atoms with Crippen molar-refractivity contribution < 1.29 is 38.0 Å². The summed E-state index contributed by atoms with van der Waals surface area (Å²) in [7, 11) is 3.17. The highest BCUT2D eigenvalue weighted by atomic mass is 16.8. The molecule has 0 amide bonds. The fraction of sp³-hybridized carbons (Fsp3) is 0.481. The van der Waals surface area contributed by atoms with Crippen molar-refractivity contribution >= 4 is 11.9 Å². The van der Waals surface area contributed by atoms with Crippen LogP contribution in [0.25, 0.3) is 0 Å². The number of carbonyl (C=O) groups is 2. The van der Waals surface area contributed by atoms with Crippen molar-refractivity contribution in [2.75, 3.05) is 27.4 Å².